The molecule has 6 heteroatoms. The number of anilines is 2. The van der Waals surface area contributed by atoms with E-state index in [4.69, 9.17) is 0 Å². The molecule has 6 nitrogen and oxygen atoms in total. The smallest absolute Gasteiger partial charge is 0.255 e. The quantitative estimate of drug-likeness (QED) is 0.415. The number of pyridine rings is 2. The van der Waals surface area contributed by atoms with E-state index in [1.807, 2.05) is 48.5 Å². The van der Waals surface area contributed by atoms with Crippen LogP contribution in [0.15, 0.2) is 97.3 Å². The van der Waals surface area contributed by atoms with Crippen molar-refractivity contribution in [3.63, 3.8) is 0 Å². The number of fused-ring (bicyclic) bond motifs is 2. The minimum atomic E-state index is -0.292. The molecule has 154 valence electrons. The summed E-state index contributed by atoms with van der Waals surface area (Å²) in [5.74, 6) is -0.584. The number of carbonyl (C=O) groups excluding carboxylic acids is 2. The molecule has 0 saturated carbocycles. The third kappa shape index (κ3) is 4.02. The van der Waals surface area contributed by atoms with Crippen molar-refractivity contribution in [1.29, 1.82) is 0 Å². The molecule has 2 heterocycles. The molecule has 2 N–H and O–H groups in total. The highest BCUT2D eigenvalue weighted by molar-refractivity contribution is 6.09. The van der Waals surface area contributed by atoms with E-state index in [2.05, 4.69) is 20.6 Å². The average Bonchev–Trinajstić information content (AvgIpc) is 2.84. The van der Waals surface area contributed by atoms with E-state index in [0.29, 0.717) is 22.5 Å². The van der Waals surface area contributed by atoms with E-state index in [1.54, 1.807) is 48.8 Å². The summed E-state index contributed by atoms with van der Waals surface area (Å²) in [7, 11) is 0. The van der Waals surface area contributed by atoms with Crippen molar-refractivity contribution >= 4 is 45.0 Å². The SMILES string of the molecule is O=C(Nc1ccc2ncccc2c1)c1cccc(C(=O)Nc2ccc3ncccc3c2)c1. The summed E-state index contributed by atoms with van der Waals surface area (Å²) in [5.41, 5.74) is 3.82. The van der Waals surface area contributed by atoms with E-state index < -0.39 is 0 Å². The van der Waals surface area contributed by atoms with Crippen LogP contribution in [0.3, 0.4) is 0 Å². The fourth-order valence-electron chi connectivity index (χ4n) is 3.51. The molecule has 5 aromatic rings. The summed E-state index contributed by atoms with van der Waals surface area (Å²) in [6.45, 7) is 0. The highest BCUT2D eigenvalue weighted by Crippen LogP contribution is 2.20. The lowest BCUT2D eigenvalue weighted by Gasteiger charge is -2.09. The normalized spacial score (nSPS) is 10.8. The minimum Gasteiger partial charge on any atom is -0.322 e. The Hall–Kier alpha value is -4.58. The van der Waals surface area contributed by atoms with Crippen molar-refractivity contribution in [1.82, 2.24) is 9.97 Å². The van der Waals surface area contributed by atoms with Gasteiger partial charge >= 0.3 is 0 Å². The molecule has 0 atom stereocenters. The Kier molecular flexibility index (Phi) is 5.01. The number of aromatic nitrogens is 2. The van der Waals surface area contributed by atoms with Crippen LogP contribution in [0.25, 0.3) is 21.8 Å². The van der Waals surface area contributed by atoms with E-state index in [1.165, 1.54) is 0 Å². The lowest BCUT2D eigenvalue weighted by molar-refractivity contribution is 0.102. The van der Waals surface area contributed by atoms with Crippen molar-refractivity contribution in [2.45, 2.75) is 0 Å². The van der Waals surface area contributed by atoms with Gasteiger partial charge in [0, 0.05) is 45.7 Å². The molecule has 0 fully saturated rings. The third-order valence-corrected chi connectivity index (χ3v) is 5.11. The van der Waals surface area contributed by atoms with Crippen molar-refractivity contribution in [3.05, 3.63) is 108 Å². The number of nitrogens with one attached hydrogen (secondary N) is 2. The van der Waals surface area contributed by atoms with Gasteiger partial charge in [-0.1, -0.05) is 18.2 Å². The van der Waals surface area contributed by atoms with Crippen molar-refractivity contribution in [2.24, 2.45) is 0 Å². The molecule has 3 aromatic carbocycles. The van der Waals surface area contributed by atoms with Gasteiger partial charge in [-0.15, -0.1) is 0 Å². The zero-order chi connectivity index (χ0) is 21.9. The van der Waals surface area contributed by atoms with Gasteiger partial charge in [-0.2, -0.15) is 0 Å². The van der Waals surface area contributed by atoms with Crippen molar-refractivity contribution in [2.75, 3.05) is 10.6 Å². The summed E-state index contributed by atoms with van der Waals surface area (Å²) in [4.78, 5) is 34.1. The summed E-state index contributed by atoms with van der Waals surface area (Å²) >= 11 is 0. The third-order valence-electron chi connectivity index (χ3n) is 5.11. The number of nitrogens with zero attached hydrogens (tertiary/aromatic N) is 2. The van der Waals surface area contributed by atoms with Gasteiger partial charge in [0.05, 0.1) is 11.0 Å². The van der Waals surface area contributed by atoms with Crippen LogP contribution in [0.5, 0.6) is 0 Å². The molecule has 2 amide bonds. The maximum Gasteiger partial charge on any atom is 0.255 e. The molecule has 2 aromatic heterocycles. The van der Waals surface area contributed by atoms with Crippen LogP contribution < -0.4 is 10.6 Å². The Morgan fingerprint density at radius 1 is 0.562 bits per heavy atom. The minimum absolute atomic E-state index is 0.292. The molecule has 0 saturated heterocycles. The number of carbonyl (C=O) groups is 2. The molecular weight excluding hydrogens is 400 g/mol. The Morgan fingerprint density at radius 2 is 1.06 bits per heavy atom. The number of hydrogen-bond acceptors (Lipinski definition) is 4. The lowest BCUT2D eigenvalue weighted by Crippen LogP contribution is -2.15. The second-order valence-electron chi connectivity index (χ2n) is 7.31. The predicted octanol–water partition coefficient (Wildman–Crippen LogP) is 5.29. The van der Waals surface area contributed by atoms with E-state index in [9.17, 15) is 9.59 Å². The summed E-state index contributed by atoms with van der Waals surface area (Å²) in [6, 6.07) is 25.2. The fourth-order valence-corrected chi connectivity index (χ4v) is 3.51. The fraction of sp³-hybridized carbons (Fsp3) is 0. The van der Waals surface area contributed by atoms with Crippen molar-refractivity contribution in [3.8, 4) is 0 Å². The maximum atomic E-state index is 12.8. The monoisotopic (exact) mass is 418 g/mol. The first-order valence-electron chi connectivity index (χ1n) is 10.1. The van der Waals surface area contributed by atoms with Crippen LogP contribution in [-0.2, 0) is 0 Å². The first kappa shape index (κ1) is 19.4. The Balaban J connectivity index is 1.33. The van der Waals surface area contributed by atoms with Crippen LogP contribution in [-0.4, -0.2) is 21.8 Å². The first-order valence-corrected chi connectivity index (χ1v) is 10.1. The molecule has 0 aliphatic carbocycles. The van der Waals surface area contributed by atoms with Crippen LogP contribution >= 0.6 is 0 Å². The van der Waals surface area contributed by atoms with Crippen molar-refractivity contribution < 1.29 is 9.59 Å². The molecule has 0 radical (unpaired) electrons. The molecule has 0 bridgehead atoms. The summed E-state index contributed by atoms with van der Waals surface area (Å²) < 4.78 is 0. The van der Waals surface area contributed by atoms with Crippen LogP contribution in [0, 0.1) is 0 Å². The van der Waals surface area contributed by atoms with Gasteiger partial charge < -0.3 is 10.6 Å². The van der Waals surface area contributed by atoms with Crippen LogP contribution in [0.1, 0.15) is 20.7 Å². The highest BCUT2D eigenvalue weighted by atomic mass is 16.2. The second-order valence-corrected chi connectivity index (χ2v) is 7.31. The number of rotatable bonds is 4. The van der Waals surface area contributed by atoms with Gasteiger partial charge in [-0.3, -0.25) is 19.6 Å². The maximum absolute atomic E-state index is 12.8. The van der Waals surface area contributed by atoms with Crippen LogP contribution in [0.2, 0.25) is 0 Å². The molecule has 0 unspecified atom stereocenters. The number of hydrogen-bond donors (Lipinski definition) is 2. The van der Waals surface area contributed by atoms with E-state index in [0.717, 1.165) is 21.8 Å². The largest absolute Gasteiger partial charge is 0.322 e. The zero-order valence-corrected chi connectivity index (χ0v) is 16.9. The molecule has 0 aliphatic rings. The van der Waals surface area contributed by atoms with Gasteiger partial charge in [0.1, 0.15) is 0 Å². The number of amides is 2. The topological polar surface area (TPSA) is 84.0 Å². The lowest BCUT2D eigenvalue weighted by atomic mass is 10.1. The van der Waals surface area contributed by atoms with E-state index in [-0.39, 0.29) is 11.8 Å². The molecular formula is C26H18N4O2. The highest BCUT2D eigenvalue weighted by Gasteiger charge is 2.12. The van der Waals surface area contributed by atoms with Gasteiger partial charge in [0.2, 0.25) is 0 Å². The van der Waals surface area contributed by atoms with E-state index >= 15 is 0 Å². The molecule has 5 rings (SSSR count). The standard InChI is InChI=1S/C26H18N4O2/c31-25(29-21-8-10-23-17(15-21)6-2-12-27-23)19-4-1-5-20(14-19)26(32)30-22-9-11-24-18(16-22)7-3-13-28-24/h1-16H,(H,29,31)(H,30,32). The summed E-state index contributed by atoms with van der Waals surface area (Å²) in [5, 5.41) is 7.63. The van der Waals surface area contributed by atoms with Gasteiger partial charge in [-0.25, -0.2) is 0 Å². The Morgan fingerprint density at radius 3 is 1.56 bits per heavy atom. The summed E-state index contributed by atoms with van der Waals surface area (Å²) in [6.07, 6.45) is 3.46. The average molecular weight is 418 g/mol. The van der Waals surface area contributed by atoms with Crippen LogP contribution in [0.4, 0.5) is 11.4 Å². The molecule has 0 aliphatic heterocycles. The zero-order valence-electron chi connectivity index (χ0n) is 16.9. The number of benzene rings is 3. The second kappa shape index (κ2) is 8.28. The molecule has 32 heavy (non-hydrogen) atoms. The Labute approximate surface area is 184 Å². The van der Waals surface area contributed by atoms with Gasteiger partial charge in [-0.05, 0) is 66.7 Å². The van der Waals surface area contributed by atoms with Gasteiger partial charge in [0.15, 0.2) is 0 Å². The molecule has 0 spiro atoms. The first-order chi connectivity index (χ1) is 15.7. The van der Waals surface area contributed by atoms with Gasteiger partial charge in [0.25, 0.3) is 11.8 Å². The Bertz CT molecular complexity index is 1370. The predicted molar refractivity (Wildman–Crippen MR) is 126 cm³/mol.